The molecule has 0 unspecified atom stereocenters. The van der Waals surface area contributed by atoms with E-state index >= 15 is 0 Å². The van der Waals surface area contributed by atoms with E-state index < -0.39 is 0 Å². The number of aliphatic hydroxyl groups excluding tert-OH is 1. The maximum Gasteiger partial charge on any atom is 0.0747 e. The maximum atomic E-state index is 10.4. The Bertz CT molecular complexity index is 724. The molecule has 2 aromatic rings. The number of likely N-dealkylation sites (tertiary alicyclic amines) is 1. The highest BCUT2D eigenvalue weighted by Crippen LogP contribution is 2.32. The first-order chi connectivity index (χ1) is 11.7. The Kier molecular flexibility index (Phi) is 4.72. The second-order valence-electron chi connectivity index (χ2n) is 6.91. The van der Waals surface area contributed by atoms with Crippen molar-refractivity contribution >= 4 is 22.5 Å². The van der Waals surface area contributed by atoms with E-state index in [1.165, 1.54) is 6.42 Å². The third kappa shape index (κ3) is 3.16. The van der Waals surface area contributed by atoms with Gasteiger partial charge in [-0.3, -0.25) is 9.88 Å². The maximum absolute atomic E-state index is 10.4. The van der Waals surface area contributed by atoms with E-state index in [9.17, 15) is 5.11 Å². The molecule has 3 atom stereocenters. The van der Waals surface area contributed by atoms with Crippen LogP contribution in [0.3, 0.4) is 0 Å². The number of fused-ring (bicyclic) bond motifs is 1. The van der Waals surface area contributed by atoms with Gasteiger partial charge >= 0.3 is 0 Å². The Balaban J connectivity index is 1.60. The minimum Gasteiger partial charge on any atom is -0.393 e. The van der Waals surface area contributed by atoms with Crippen LogP contribution in [0.25, 0.3) is 10.9 Å². The largest absolute Gasteiger partial charge is 0.393 e. The molecule has 2 saturated heterocycles. The van der Waals surface area contributed by atoms with Crippen LogP contribution in [0.15, 0.2) is 30.5 Å². The van der Waals surface area contributed by atoms with Crippen molar-refractivity contribution in [3.8, 4) is 0 Å². The predicted molar refractivity (Wildman–Crippen MR) is 95.1 cm³/mol. The lowest BCUT2D eigenvalue weighted by Crippen LogP contribution is -2.45. The van der Waals surface area contributed by atoms with Crippen molar-refractivity contribution in [2.24, 2.45) is 5.92 Å². The van der Waals surface area contributed by atoms with Crippen LogP contribution < -0.4 is 0 Å². The van der Waals surface area contributed by atoms with Gasteiger partial charge in [-0.2, -0.15) is 0 Å². The van der Waals surface area contributed by atoms with E-state index in [-0.39, 0.29) is 12.0 Å². The number of benzene rings is 1. The molecule has 1 aromatic heterocycles. The molecule has 4 nitrogen and oxygen atoms in total. The summed E-state index contributed by atoms with van der Waals surface area (Å²) in [6.07, 6.45) is 4.62. The number of halogens is 1. The van der Waals surface area contributed by atoms with Gasteiger partial charge in [-0.25, -0.2) is 0 Å². The van der Waals surface area contributed by atoms with Crippen LogP contribution in [0.1, 0.15) is 24.8 Å². The Morgan fingerprint density at radius 2 is 2.25 bits per heavy atom. The molecule has 5 heteroatoms. The fourth-order valence-corrected chi connectivity index (χ4v) is 4.47. The van der Waals surface area contributed by atoms with E-state index in [1.54, 1.807) is 0 Å². The topological polar surface area (TPSA) is 45.6 Å². The standard InChI is InChI=1S/C19H23ClN2O2/c20-15-9-13-3-1-6-21-19(13)14(10-15)11-22-7-2-4-17(22)16-12-24-8-5-18(16)23/h1,3,6,9-10,16-18,23H,2,4-5,7-8,11-12H2/t16-,17+,18+/m0/s1. The highest BCUT2D eigenvalue weighted by atomic mass is 35.5. The highest BCUT2D eigenvalue weighted by molar-refractivity contribution is 6.31. The van der Waals surface area contributed by atoms with Crippen molar-refractivity contribution in [2.45, 2.75) is 38.0 Å². The molecule has 0 aliphatic carbocycles. The van der Waals surface area contributed by atoms with Gasteiger partial charge in [0.1, 0.15) is 0 Å². The Hall–Kier alpha value is -1.20. The van der Waals surface area contributed by atoms with Gasteiger partial charge in [0.2, 0.25) is 0 Å². The quantitative estimate of drug-likeness (QED) is 0.926. The zero-order valence-electron chi connectivity index (χ0n) is 13.7. The lowest BCUT2D eigenvalue weighted by molar-refractivity contribution is -0.0635. The zero-order chi connectivity index (χ0) is 16.5. The van der Waals surface area contributed by atoms with Crippen molar-refractivity contribution in [1.29, 1.82) is 0 Å². The Labute approximate surface area is 147 Å². The number of aliphatic hydroxyl groups is 1. The molecule has 3 heterocycles. The summed E-state index contributed by atoms with van der Waals surface area (Å²) >= 11 is 6.31. The first-order valence-corrected chi connectivity index (χ1v) is 9.13. The van der Waals surface area contributed by atoms with Crippen molar-refractivity contribution < 1.29 is 9.84 Å². The number of hydrogen-bond acceptors (Lipinski definition) is 4. The second-order valence-corrected chi connectivity index (χ2v) is 7.35. The summed E-state index contributed by atoms with van der Waals surface area (Å²) in [6.45, 7) is 3.21. The summed E-state index contributed by atoms with van der Waals surface area (Å²) in [4.78, 5) is 7.03. The molecule has 2 fully saturated rings. The van der Waals surface area contributed by atoms with E-state index in [2.05, 4.69) is 16.0 Å². The summed E-state index contributed by atoms with van der Waals surface area (Å²) in [6, 6.07) is 8.36. The van der Waals surface area contributed by atoms with Gasteiger partial charge in [-0.15, -0.1) is 0 Å². The van der Waals surface area contributed by atoms with Crippen LogP contribution in [0, 0.1) is 5.92 Å². The van der Waals surface area contributed by atoms with Gasteiger partial charge in [0, 0.05) is 41.7 Å². The lowest BCUT2D eigenvalue weighted by Gasteiger charge is -2.37. The minimum absolute atomic E-state index is 0.208. The smallest absolute Gasteiger partial charge is 0.0747 e. The molecule has 0 bridgehead atoms. The molecular weight excluding hydrogens is 324 g/mol. The molecule has 1 N–H and O–H groups in total. The number of pyridine rings is 1. The second kappa shape index (κ2) is 6.96. The summed E-state index contributed by atoms with van der Waals surface area (Å²) in [5.74, 6) is 0.208. The van der Waals surface area contributed by atoms with Crippen LogP contribution in [-0.2, 0) is 11.3 Å². The first-order valence-electron chi connectivity index (χ1n) is 8.75. The zero-order valence-corrected chi connectivity index (χ0v) is 14.5. The summed E-state index contributed by atoms with van der Waals surface area (Å²) in [5, 5.41) is 12.2. The normalized spacial score (nSPS) is 28.5. The van der Waals surface area contributed by atoms with Gasteiger partial charge in [0.15, 0.2) is 0 Å². The van der Waals surface area contributed by atoms with Gasteiger partial charge in [-0.1, -0.05) is 17.7 Å². The van der Waals surface area contributed by atoms with Gasteiger partial charge < -0.3 is 9.84 Å². The number of nitrogens with zero attached hydrogens (tertiary/aromatic N) is 2. The fourth-order valence-electron chi connectivity index (χ4n) is 4.22. The van der Waals surface area contributed by atoms with Crippen molar-refractivity contribution in [3.63, 3.8) is 0 Å². The fraction of sp³-hybridized carbons (Fsp3) is 0.526. The van der Waals surface area contributed by atoms with Crippen molar-refractivity contribution in [3.05, 3.63) is 41.0 Å². The number of hydrogen-bond donors (Lipinski definition) is 1. The monoisotopic (exact) mass is 346 g/mol. The summed E-state index contributed by atoms with van der Waals surface area (Å²) < 4.78 is 5.63. The lowest BCUT2D eigenvalue weighted by atomic mass is 9.89. The van der Waals surface area contributed by atoms with E-state index in [4.69, 9.17) is 16.3 Å². The predicted octanol–water partition coefficient (Wildman–Crippen LogP) is 3.25. The molecule has 128 valence electrons. The number of rotatable bonds is 3. The third-order valence-electron chi connectivity index (χ3n) is 5.39. The van der Waals surface area contributed by atoms with Gasteiger partial charge in [0.25, 0.3) is 0 Å². The van der Waals surface area contributed by atoms with Gasteiger partial charge in [-0.05, 0) is 49.6 Å². The number of ether oxygens (including phenoxy) is 1. The molecular formula is C19H23ClN2O2. The minimum atomic E-state index is -0.251. The van der Waals surface area contributed by atoms with Crippen LogP contribution in [0.2, 0.25) is 5.02 Å². The molecule has 0 radical (unpaired) electrons. The highest BCUT2D eigenvalue weighted by Gasteiger charge is 2.37. The molecule has 0 amide bonds. The Morgan fingerprint density at radius 3 is 3.12 bits per heavy atom. The Morgan fingerprint density at radius 1 is 1.33 bits per heavy atom. The summed E-state index contributed by atoms with van der Waals surface area (Å²) in [7, 11) is 0. The first kappa shape index (κ1) is 16.3. The van der Waals surface area contributed by atoms with Crippen LogP contribution in [0.5, 0.6) is 0 Å². The van der Waals surface area contributed by atoms with Crippen LogP contribution >= 0.6 is 11.6 Å². The summed E-state index contributed by atoms with van der Waals surface area (Å²) in [5.41, 5.74) is 2.18. The molecule has 2 aliphatic heterocycles. The van der Waals surface area contributed by atoms with E-state index in [0.29, 0.717) is 19.3 Å². The van der Waals surface area contributed by atoms with Crippen LogP contribution in [-0.4, -0.2) is 46.9 Å². The number of aromatic nitrogens is 1. The molecule has 0 saturated carbocycles. The van der Waals surface area contributed by atoms with E-state index in [1.807, 2.05) is 24.4 Å². The van der Waals surface area contributed by atoms with Crippen molar-refractivity contribution in [1.82, 2.24) is 9.88 Å². The third-order valence-corrected chi connectivity index (χ3v) is 5.61. The molecule has 0 spiro atoms. The molecule has 4 rings (SSSR count). The average molecular weight is 347 g/mol. The molecule has 24 heavy (non-hydrogen) atoms. The average Bonchev–Trinajstić information content (AvgIpc) is 3.03. The molecule has 1 aromatic carbocycles. The molecule has 2 aliphatic rings. The van der Waals surface area contributed by atoms with Crippen molar-refractivity contribution in [2.75, 3.05) is 19.8 Å². The van der Waals surface area contributed by atoms with Gasteiger partial charge in [0.05, 0.1) is 18.2 Å². The van der Waals surface area contributed by atoms with E-state index in [0.717, 1.165) is 47.4 Å². The SMILES string of the molecule is O[C@@H]1CCOC[C@H]1[C@H]1CCCN1Cc1cc(Cl)cc2cccnc12. The van der Waals surface area contributed by atoms with Crippen LogP contribution in [0.4, 0.5) is 0 Å².